The van der Waals surface area contributed by atoms with Crippen molar-refractivity contribution in [2.75, 3.05) is 13.7 Å². The van der Waals surface area contributed by atoms with E-state index in [9.17, 15) is 0 Å². The maximum atomic E-state index is 5.71. The SMILES string of the molecule is CCOc1ccccc1-c1nc(C(C)C)c(CNC)s1. The number of hydrogen-bond donors (Lipinski definition) is 1. The molecule has 1 heterocycles. The lowest BCUT2D eigenvalue weighted by Crippen LogP contribution is -2.06. The highest BCUT2D eigenvalue weighted by Crippen LogP contribution is 2.36. The molecule has 0 saturated carbocycles. The predicted octanol–water partition coefficient (Wildman–Crippen LogP) is 4.05. The molecule has 0 spiro atoms. The summed E-state index contributed by atoms with van der Waals surface area (Å²) in [6, 6.07) is 8.12. The number of hydrogen-bond acceptors (Lipinski definition) is 4. The van der Waals surface area contributed by atoms with Crippen LogP contribution in [0.3, 0.4) is 0 Å². The summed E-state index contributed by atoms with van der Waals surface area (Å²) in [5.74, 6) is 1.35. The summed E-state index contributed by atoms with van der Waals surface area (Å²) < 4.78 is 5.71. The largest absolute Gasteiger partial charge is 0.493 e. The molecular formula is C16H22N2OS. The zero-order valence-corrected chi connectivity index (χ0v) is 13.4. The molecule has 0 atom stereocenters. The number of ether oxygens (including phenoxy) is 1. The summed E-state index contributed by atoms with van der Waals surface area (Å²) in [5, 5.41) is 4.27. The van der Waals surface area contributed by atoms with Crippen LogP contribution >= 0.6 is 11.3 Å². The van der Waals surface area contributed by atoms with Gasteiger partial charge in [-0.15, -0.1) is 11.3 Å². The highest BCUT2D eigenvalue weighted by molar-refractivity contribution is 7.15. The summed E-state index contributed by atoms with van der Waals surface area (Å²) >= 11 is 1.75. The van der Waals surface area contributed by atoms with E-state index in [0.717, 1.165) is 22.9 Å². The fourth-order valence-corrected chi connectivity index (χ4v) is 3.40. The molecule has 0 fully saturated rings. The van der Waals surface area contributed by atoms with Crippen LogP contribution in [0.5, 0.6) is 5.75 Å². The Hall–Kier alpha value is -1.39. The van der Waals surface area contributed by atoms with Crippen molar-refractivity contribution in [1.82, 2.24) is 10.3 Å². The van der Waals surface area contributed by atoms with Crippen LogP contribution in [0.25, 0.3) is 10.6 Å². The summed E-state index contributed by atoms with van der Waals surface area (Å²) in [6.45, 7) is 7.91. The van der Waals surface area contributed by atoms with Crippen molar-refractivity contribution in [1.29, 1.82) is 0 Å². The molecule has 0 aliphatic heterocycles. The molecule has 0 aliphatic carbocycles. The van der Waals surface area contributed by atoms with Gasteiger partial charge in [-0.05, 0) is 32.0 Å². The van der Waals surface area contributed by atoms with E-state index >= 15 is 0 Å². The zero-order chi connectivity index (χ0) is 14.5. The van der Waals surface area contributed by atoms with Gasteiger partial charge in [0.15, 0.2) is 0 Å². The molecule has 1 aromatic carbocycles. The molecule has 2 rings (SSSR count). The smallest absolute Gasteiger partial charge is 0.129 e. The molecule has 4 heteroatoms. The molecule has 20 heavy (non-hydrogen) atoms. The molecule has 0 bridgehead atoms. The van der Waals surface area contributed by atoms with Crippen LogP contribution in [0.4, 0.5) is 0 Å². The molecule has 0 amide bonds. The van der Waals surface area contributed by atoms with E-state index in [0.29, 0.717) is 12.5 Å². The van der Waals surface area contributed by atoms with Gasteiger partial charge >= 0.3 is 0 Å². The number of rotatable bonds is 6. The maximum Gasteiger partial charge on any atom is 0.129 e. The van der Waals surface area contributed by atoms with E-state index in [4.69, 9.17) is 9.72 Å². The number of nitrogens with zero attached hydrogens (tertiary/aromatic N) is 1. The highest BCUT2D eigenvalue weighted by Gasteiger charge is 2.16. The third-order valence-corrected chi connectivity index (χ3v) is 4.13. The maximum absolute atomic E-state index is 5.71. The van der Waals surface area contributed by atoms with Gasteiger partial charge in [0.2, 0.25) is 0 Å². The molecule has 0 unspecified atom stereocenters. The first kappa shape index (κ1) is 15.0. The van der Waals surface area contributed by atoms with Crippen LogP contribution in [0.15, 0.2) is 24.3 Å². The fourth-order valence-electron chi connectivity index (χ4n) is 2.14. The topological polar surface area (TPSA) is 34.1 Å². The van der Waals surface area contributed by atoms with Crippen molar-refractivity contribution in [2.24, 2.45) is 0 Å². The first-order valence-corrected chi connectivity index (χ1v) is 7.85. The van der Waals surface area contributed by atoms with Gasteiger partial charge in [0.05, 0.1) is 17.9 Å². The van der Waals surface area contributed by atoms with E-state index < -0.39 is 0 Å². The molecule has 108 valence electrons. The van der Waals surface area contributed by atoms with Gasteiger partial charge in [0.1, 0.15) is 10.8 Å². The van der Waals surface area contributed by atoms with Crippen LogP contribution in [0.2, 0.25) is 0 Å². The van der Waals surface area contributed by atoms with Gasteiger partial charge in [0.25, 0.3) is 0 Å². The standard InChI is InChI=1S/C16H22N2OS/c1-5-19-13-9-7-6-8-12(13)16-18-15(11(2)3)14(20-16)10-17-4/h6-9,11,17H,5,10H2,1-4H3. The van der Waals surface area contributed by atoms with Gasteiger partial charge in [-0.1, -0.05) is 26.0 Å². The van der Waals surface area contributed by atoms with E-state index in [1.54, 1.807) is 11.3 Å². The van der Waals surface area contributed by atoms with Crippen LogP contribution in [-0.2, 0) is 6.54 Å². The minimum Gasteiger partial charge on any atom is -0.493 e. The quantitative estimate of drug-likeness (QED) is 0.871. The second-order valence-corrected chi connectivity index (χ2v) is 6.03. The van der Waals surface area contributed by atoms with Crippen molar-refractivity contribution < 1.29 is 4.74 Å². The Morgan fingerprint density at radius 1 is 1.30 bits per heavy atom. The normalized spacial score (nSPS) is 11.1. The molecule has 3 nitrogen and oxygen atoms in total. The predicted molar refractivity (Wildman–Crippen MR) is 85.6 cm³/mol. The third kappa shape index (κ3) is 3.19. The lowest BCUT2D eigenvalue weighted by atomic mass is 10.1. The lowest BCUT2D eigenvalue weighted by Gasteiger charge is -2.07. The van der Waals surface area contributed by atoms with Gasteiger partial charge in [-0.2, -0.15) is 0 Å². The number of benzene rings is 1. The van der Waals surface area contributed by atoms with Crippen LogP contribution in [0, 0.1) is 0 Å². The Balaban J connectivity index is 2.45. The second-order valence-electron chi connectivity index (χ2n) is 4.94. The number of nitrogens with one attached hydrogen (secondary N) is 1. The second kappa shape index (κ2) is 6.86. The fraction of sp³-hybridized carbons (Fsp3) is 0.438. The zero-order valence-electron chi connectivity index (χ0n) is 12.6. The Morgan fingerprint density at radius 2 is 2.05 bits per heavy atom. The molecule has 1 N–H and O–H groups in total. The number of para-hydroxylation sites is 1. The Morgan fingerprint density at radius 3 is 2.70 bits per heavy atom. The van der Waals surface area contributed by atoms with Crippen LogP contribution in [0.1, 0.15) is 37.3 Å². The van der Waals surface area contributed by atoms with Crippen molar-refractivity contribution in [3.8, 4) is 16.3 Å². The minimum atomic E-state index is 0.433. The lowest BCUT2D eigenvalue weighted by molar-refractivity contribution is 0.341. The van der Waals surface area contributed by atoms with Crippen molar-refractivity contribution in [3.05, 3.63) is 34.8 Å². The summed E-state index contributed by atoms with van der Waals surface area (Å²) in [4.78, 5) is 6.15. The van der Waals surface area contributed by atoms with Crippen molar-refractivity contribution in [3.63, 3.8) is 0 Å². The van der Waals surface area contributed by atoms with Crippen molar-refractivity contribution >= 4 is 11.3 Å². The van der Waals surface area contributed by atoms with Gasteiger partial charge < -0.3 is 10.1 Å². The minimum absolute atomic E-state index is 0.433. The first-order valence-electron chi connectivity index (χ1n) is 7.03. The Bertz CT molecular complexity index is 563. The molecule has 0 aliphatic rings. The summed E-state index contributed by atoms with van der Waals surface area (Å²) in [5.41, 5.74) is 2.27. The van der Waals surface area contributed by atoms with Gasteiger partial charge in [0, 0.05) is 11.4 Å². The average Bonchev–Trinajstić information content (AvgIpc) is 2.84. The van der Waals surface area contributed by atoms with Crippen LogP contribution < -0.4 is 10.1 Å². The van der Waals surface area contributed by atoms with E-state index in [-0.39, 0.29) is 0 Å². The Kier molecular flexibility index (Phi) is 5.15. The highest BCUT2D eigenvalue weighted by atomic mass is 32.1. The molecule has 1 aromatic heterocycles. The van der Waals surface area contributed by atoms with E-state index in [1.807, 2.05) is 32.2 Å². The molecule has 2 aromatic rings. The first-order chi connectivity index (χ1) is 9.67. The van der Waals surface area contributed by atoms with Crippen LogP contribution in [-0.4, -0.2) is 18.6 Å². The molecule has 0 saturated heterocycles. The average molecular weight is 290 g/mol. The van der Waals surface area contributed by atoms with E-state index in [2.05, 4.69) is 25.2 Å². The number of aromatic nitrogens is 1. The van der Waals surface area contributed by atoms with E-state index in [1.165, 1.54) is 10.6 Å². The van der Waals surface area contributed by atoms with Crippen molar-refractivity contribution in [2.45, 2.75) is 33.2 Å². The number of thiazole rings is 1. The summed E-state index contributed by atoms with van der Waals surface area (Å²) in [6.07, 6.45) is 0. The molecular weight excluding hydrogens is 268 g/mol. The molecule has 0 radical (unpaired) electrons. The van der Waals surface area contributed by atoms with Gasteiger partial charge in [-0.25, -0.2) is 4.98 Å². The third-order valence-electron chi connectivity index (χ3n) is 3.03. The monoisotopic (exact) mass is 290 g/mol. The summed E-state index contributed by atoms with van der Waals surface area (Å²) in [7, 11) is 1.97. The Labute approximate surface area is 125 Å². The van der Waals surface area contributed by atoms with Gasteiger partial charge in [-0.3, -0.25) is 0 Å².